The maximum Gasteiger partial charge on any atom is 0.348 e. The van der Waals surface area contributed by atoms with Gasteiger partial charge < -0.3 is 9.84 Å². The molecule has 8 heteroatoms. The zero-order valence-electron chi connectivity index (χ0n) is 16.6. The van der Waals surface area contributed by atoms with E-state index in [1.807, 2.05) is 31.2 Å². The highest BCUT2D eigenvalue weighted by molar-refractivity contribution is 7.19. The first kappa shape index (κ1) is 20.8. The zero-order valence-corrected chi connectivity index (χ0v) is 18.2. The van der Waals surface area contributed by atoms with Gasteiger partial charge in [-0.2, -0.15) is 0 Å². The number of carboxylic acid groups (broad SMARTS) is 1. The molecular formula is C23H17ClN2O4S. The molecule has 0 fully saturated rings. The van der Waals surface area contributed by atoms with Crippen molar-refractivity contribution in [2.75, 3.05) is 7.11 Å². The monoisotopic (exact) mass is 452 g/mol. The van der Waals surface area contributed by atoms with E-state index in [1.165, 1.54) is 11.5 Å². The Bertz CT molecular complexity index is 1370. The smallest absolute Gasteiger partial charge is 0.348 e. The molecule has 2 aromatic carbocycles. The highest BCUT2D eigenvalue weighted by atomic mass is 35.5. The topological polar surface area (TPSA) is 80.9 Å². The standard InChI is InChI=1S/C23H17ClN2O4S/c1-13-3-5-14(6-4-13)7-12-17-18(24)21(27)26-19(15-8-10-16(30-2)11-9-15)20(22(28)29)31-23(26)25-17/h3-12H,1-2H3,(H,28,29). The third-order valence-electron chi connectivity index (χ3n) is 4.72. The second kappa shape index (κ2) is 8.37. The summed E-state index contributed by atoms with van der Waals surface area (Å²) in [6.45, 7) is 2.00. The van der Waals surface area contributed by atoms with E-state index in [-0.39, 0.29) is 26.2 Å². The van der Waals surface area contributed by atoms with Gasteiger partial charge >= 0.3 is 5.97 Å². The molecule has 0 aliphatic carbocycles. The summed E-state index contributed by atoms with van der Waals surface area (Å²) in [7, 11) is 1.54. The Morgan fingerprint density at radius 3 is 2.42 bits per heavy atom. The molecule has 31 heavy (non-hydrogen) atoms. The van der Waals surface area contributed by atoms with E-state index >= 15 is 0 Å². The van der Waals surface area contributed by atoms with E-state index in [1.54, 1.807) is 36.4 Å². The molecule has 0 saturated carbocycles. The summed E-state index contributed by atoms with van der Waals surface area (Å²) in [6.07, 6.45) is 3.46. The Morgan fingerprint density at radius 2 is 1.81 bits per heavy atom. The molecule has 6 nitrogen and oxygen atoms in total. The SMILES string of the molecule is COc1ccc(-c2c(C(=O)O)sc3nc(C=Cc4ccc(C)cc4)c(Cl)c(=O)n23)cc1. The molecule has 0 saturated heterocycles. The van der Waals surface area contributed by atoms with Crippen molar-refractivity contribution >= 4 is 46.0 Å². The number of nitrogens with zero attached hydrogens (tertiary/aromatic N) is 2. The van der Waals surface area contributed by atoms with Gasteiger partial charge in [-0.3, -0.25) is 4.79 Å². The van der Waals surface area contributed by atoms with Crippen LogP contribution in [0.1, 0.15) is 26.5 Å². The van der Waals surface area contributed by atoms with Gasteiger partial charge in [-0.15, -0.1) is 0 Å². The van der Waals surface area contributed by atoms with Crippen LogP contribution in [0.25, 0.3) is 28.4 Å². The Hall–Kier alpha value is -3.42. The predicted octanol–water partition coefficient (Wildman–Crippen LogP) is 5.26. The van der Waals surface area contributed by atoms with Crippen LogP contribution in [-0.4, -0.2) is 27.6 Å². The summed E-state index contributed by atoms with van der Waals surface area (Å²) in [5.74, 6) is -0.527. The maximum absolute atomic E-state index is 13.1. The van der Waals surface area contributed by atoms with Gasteiger partial charge in [-0.25, -0.2) is 14.2 Å². The van der Waals surface area contributed by atoms with Crippen molar-refractivity contribution in [3.63, 3.8) is 0 Å². The number of ether oxygens (including phenoxy) is 1. The fraction of sp³-hybridized carbons (Fsp3) is 0.0870. The average molecular weight is 453 g/mol. The van der Waals surface area contributed by atoms with Crippen molar-refractivity contribution < 1.29 is 14.6 Å². The second-order valence-corrected chi connectivity index (χ2v) is 8.15. The summed E-state index contributed by atoms with van der Waals surface area (Å²) in [4.78, 5) is 29.7. The summed E-state index contributed by atoms with van der Waals surface area (Å²) >= 11 is 7.28. The van der Waals surface area contributed by atoms with Gasteiger partial charge in [0.2, 0.25) is 0 Å². The van der Waals surface area contributed by atoms with Gasteiger partial charge in [-0.1, -0.05) is 58.8 Å². The van der Waals surface area contributed by atoms with Crippen LogP contribution in [0.4, 0.5) is 0 Å². The minimum atomic E-state index is -1.14. The van der Waals surface area contributed by atoms with E-state index < -0.39 is 11.5 Å². The van der Waals surface area contributed by atoms with Gasteiger partial charge in [0.05, 0.1) is 18.5 Å². The van der Waals surface area contributed by atoms with Crippen LogP contribution in [0.3, 0.4) is 0 Å². The van der Waals surface area contributed by atoms with Crippen molar-refractivity contribution in [3.05, 3.63) is 85.6 Å². The highest BCUT2D eigenvalue weighted by Crippen LogP contribution is 2.32. The molecule has 0 aliphatic rings. The number of aromatic nitrogens is 2. The van der Waals surface area contributed by atoms with Crippen LogP contribution in [0.2, 0.25) is 5.02 Å². The molecule has 2 heterocycles. The molecule has 2 aromatic heterocycles. The van der Waals surface area contributed by atoms with E-state index in [0.717, 1.165) is 22.5 Å². The Labute approximate surface area is 186 Å². The lowest BCUT2D eigenvalue weighted by Gasteiger charge is -2.06. The first-order valence-corrected chi connectivity index (χ1v) is 10.5. The number of thiazole rings is 1. The number of benzene rings is 2. The first-order valence-electron chi connectivity index (χ1n) is 9.26. The molecule has 0 bridgehead atoms. The minimum Gasteiger partial charge on any atom is -0.497 e. The van der Waals surface area contributed by atoms with Crippen LogP contribution >= 0.6 is 22.9 Å². The summed E-state index contributed by atoms with van der Waals surface area (Å²) in [6, 6.07) is 14.6. The molecule has 0 aliphatic heterocycles. The van der Waals surface area contributed by atoms with Crippen LogP contribution in [0.15, 0.2) is 53.3 Å². The molecule has 1 N–H and O–H groups in total. The molecule has 0 unspecified atom stereocenters. The number of aryl methyl sites for hydroxylation is 1. The molecule has 0 radical (unpaired) electrons. The van der Waals surface area contributed by atoms with Gasteiger partial charge in [0.1, 0.15) is 15.6 Å². The molecule has 156 valence electrons. The number of hydrogen-bond donors (Lipinski definition) is 1. The molecule has 0 atom stereocenters. The van der Waals surface area contributed by atoms with Crippen molar-refractivity contribution in [3.8, 4) is 17.0 Å². The molecule has 0 amide bonds. The van der Waals surface area contributed by atoms with Crippen molar-refractivity contribution in [2.24, 2.45) is 0 Å². The van der Waals surface area contributed by atoms with Crippen LogP contribution < -0.4 is 10.3 Å². The quantitative estimate of drug-likeness (QED) is 0.446. The number of halogens is 1. The molecular weight excluding hydrogens is 436 g/mol. The lowest BCUT2D eigenvalue weighted by molar-refractivity contribution is 0.0702. The Morgan fingerprint density at radius 1 is 1.13 bits per heavy atom. The minimum absolute atomic E-state index is 0.00509. The van der Waals surface area contributed by atoms with E-state index in [0.29, 0.717) is 11.3 Å². The van der Waals surface area contributed by atoms with Gasteiger partial charge in [-0.05, 0) is 42.8 Å². The lowest BCUT2D eigenvalue weighted by Crippen LogP contribution is -2.17. The van der Waals surface area contributed by atoms with Gasteiger partial charge in [0, 0.05) is 5.56 Å². The van der Waals surface area contributed by atoms with Crippen LogP contribution in [-0.2, 0) is 0 Å². The largest absolute Gasteiger partial charge is 0.497 e. The Kier molecular flexibility index (Phi) is 5.63. The number of hydrogen-bond acceptors (Lipinski definition) is 5. The van der Waals surface area contributed by atoms with E-state index in [2.05, 4.69) is 4.98 Å². The van der Waals surface area contributed by atoms with Crippen LogP contribution in [0.5, 0.6) is 5.75 Å². The fourth-order valence-corrected chi connectivity index (χ4v) is 4.30. The lowest BCUT2D eigenvalue weighted by atomic mass is 10.1. The number of rotatable bonds is 5. The number of fused-ring (bicyclic) bond motifs is 1. The zero-order chi connectivity index (χ0) is 22.1. The van der Waals surface area contributed by atoms with Crippen molar-refractivity contribution in [2.45, 2.75) is 6.92 Å². The van der Waals surface area contributed by atoms with E-state index in [9.17, 15) is 14.7 Å². The van der Waals surface area contributed by atoms with Crippen molar-refractivity contribution in [1.29, 1.82) is 0 Å². The number of carboxylic acids is 1. The normalized spacial score (nSPS) is 11.3. The average Bonchev–Trinajstić information content (AvgIpc) is 3.16. The predicted molar refractivity (Wildman–Crippen MR) is 123 cm³/mol. The number of carbonyl (C=O) groups is 1. The molecule has 4 rings (SSSR count). The first-order chi connectivity index (χ1) is 14.9. The third kappa shape index (κ3) is 3.97. The third-order valence-corrected chi connectivity index (χ3v) is 6.11. The summed E-state index contributed by atoms with van der Waals surface area (Å²) in [5, 5.41) is 9.65. The fourth-order valence-electron chi connectivity index (χ4n) is 3.12. The van der Waals surface area contributed by atoms with Gasteiger partial charge in [0.15, 0.2) is 4.96 Å². The van der Waals surface area contributed by atoms with E-state index in [4.69, 9.17) is 16.3 Å². The summed E-state index contributed by atoms with van der Waals surface area (Å²) < 4.78 is 6.41. The maximum atomic E-state index is 13.1. The van der Waals surface area contributed by atoms with Crippen LogP contribution in [0, 0.1) is 6.92 Å². The summed E-state index contributed by atoms with van der Waals surface area (Å²) in [5.41, 5.74) is 2.62. The molecule has 4 aromatic rings. The second-order valence-electron chi connectivity index (χ2n) is 6.79. The highest BCUT2D eigenvalue weighted by Gasteiger charge is 2.23. The van der Waals surface area contributed by atoms with Gasteiger partial charge in [0.25, 0.3) is 5.56 Å². The number of aromatic carboxylic acids is 1. The van der Waals surface area contributed by atoms with Crippen molar-refractivity contribution in [1.82, 2.24) is 9.38 Å². The molecule has 0 spiro atoms. The Balaban J connectivity index is 1.89. The number of methoxy groups -OCH3 is 1.